The van der Waals surface area contributed by atoms with E-state index in [1.54, 1.807) is 11.2 Å². The van der Waals surface area contributed by atoms with Gasteiger partial charge in [0.15, 0.2) is 0 Å². The van der Waals surface area contributed by atoms with Crippen LogP contribution in [-0.4, -0.2) is 60.4 Å². The number of nitrogens with zero attached hydrogens (tertiary/aromatic N) is 2. The number of hydrogen-bond donors (Lipinski definition) is 1. The van der Waals surface area contributed by atoms with Gasteiger partial charge in [0.2, 0.25) is 11.8 Å². The molecule has 2 amide bonds. The minimum Gasteiger partial charge on any atom is -0.464 e. The first-order chi connectivity index (χ1) is 12.0. The molecule has 7 heteroatoms. The highest BCUT2D eigenvalue weighted by Crippen LogP contribution is 2.28. The second-order valence-corrected chi connectivity index (χ2v) is 7.13. The number of halogens is 1. The second-order valence-electron chi connectivity index (χ2n) is 6.72. The summed E-state index contributed by atoms with van der Waals surface area (Å²) in [5, 5.41) is 4.41. The number of amides is 2. The third-order valence-corrected chi connectivity index (χ3v) is 5.53. The SMILES string of the molecule is Cc1cc2occ(CC(=O)N3CCN4CCNC(=O)[C@H]4C3)c2cc1Cl. The summed E-state index contributed by atoms with van der Waals surface area (Å²) in [4.78, 5) is 28.7. The van der Waals surface area contributed by atoms with Crippen LogP contribution in [0.3, 0.4) is 0 Å². The molecule has 2 saturated heterocycles. The van der Waals surface area contributed by atoms with Gasteiger partial charge in [0.25, 0.3) is 0 Å². The van der Waals surface area contributed by atoms with Crippen molar-refractivity contribution in [1.29, 1.82) is 0 Å². The molecule has 25 heavy (non-hydrogen) atoms. The molecule has 0 unspecified atom stereocenters. The predicted octanol–water partition coefficient (Wildman–Crippen LogP) is 1.58. The number of nitrogens with one attached hydrogen (secondary N) is 1. The van der Waals surface area contributed by atoms with E-state index in [0.717, 1.165) is 35.2 Å². The Kier molecular flexibility index (Phi) is 4.17. The second kappa shape index (κ2) is 6.35. The fourth-order valence-electron chi connectivity index (χ4n) is 3.62. The highest BCUT2D eigenvalue weighted by Gasteiger charge is 2.36. The summed E-state index contributed by atoms with van der Waals surface area (Å²) in [6.45, 7) is 5.29. The van der Waals surface area contributed by atoms with Crippen molar-refractivity contribution in [3.05, 3.63) is 34.5 Å². The van der Waals surface area contributed by atoms with Crippen molar-refractivity contribution < 1.29 is 14.0 Å². The van der Waals surface area contributed by atoms with Crippen molar-refractivity contribution in [2.45, 2.75) is 19.4 Å². The Morgan fingerprint density at radius 1 is 1.36 bits per heavy atom. The molecule has 1 aromatic heterocycles. The van der Waals surface area contributed by atoms with Gasteiger partial charge in [-0.1, -0.05) is 11.6 Å². The average molecular weight is 362 g/mol. The fraction of sp³-hybridized carbons (Fsp3) is 0.444. The Morgan fingerprint density at radius 3 is 3.04 bits per heavy atom. The molecule has 2 aliphatic heterocycles. The van der Waals surface area contributed by atoms with E-state index in [9.17, 15) is 9.59 Å². The molecule has 0 bridgehead atoms. The topological polar surface area (TPSA) is 65.8 Å². The number of fused-ring (bicyclic) bond motifs is 2. The van der Waals surface area contributed by atoms with Crippen molar-refractivity contribution in [3.63, 3.8) is 0 Å². The van der Waals surface area contributed by atoms with Crippen LogP contribution in [0.1, 0.15) is 11.1 Å². The third kappa shape index (κ3) is 3.00. The number of hydrogen-bond acceptors (Lipinski definition) is 4. The molecular weight excluding hydrogens is 342 g/mol. The molecule has 4 rings (SSSR count). The minimum absolute atomic E-state index is 0.0115. The summed E-state index contributed by atoms with van der Waals surface area (Å²) in [7, 11) is 0. The van der Waals surface area contributed by atoms with Crippen LogP contribution in [0, 0.1) is 6.92 Å². The maximum Gasteiger partial charge on any atom is 0.239 e. The summed E-state index contributed by atoms with van der Waals surface area (Å²) >= 11 is 6.21. The number of furan rings is 1. The molecular formula is C18H20ClN3O3. The number of carbonyl (C=O) groups is 2. The Morgan fingerprint density at radius 2 is 2.20 bits per heavy atom. The number of benzene rings is 1. The lowest BCUT2D eigenvalue weighted by Crippen LogP contribution is -2.64. The standard InChI is InChI=1S/C18H20ClN3O3/c1-11-6-16-13(8-14(11)19)12(10-25-16)7-17(23)22-5-4-21-3-2-20-18(24)15(21)9-22/h6,8,10,15H,2-5,7,9H2,1H3,(H,20,24)/t15-/m1/s1. The summed E-state index contributed by atoms with van der Waals surface area (Å²) in [6, 6.07) is 3.51. The van der Waals surface area contributed by atoms with Gasteiger partial charge < -0.3 is 14.6 Å². The Bertz CT molecular complexity index is 847. The summed E-state index contributed by atoms with van der Waals surface area (Å²) in [5.74, 6) is 0.0252. The number of carbonyl (C=O) groups excluding carboxylic acids is 2. The van der Waals surface area contributed by atoms with Gasteiger partial charge in [-0.25, -0.2) is 0 Å². The Labute approximate surface area is 150 Å². The van der Waals surface area contributed by atoms with Crippen LogP contribution in [0.15, 0.2) is 22.8 Å². The smallest absolute Gasteiger partial charge is 0.239 e. The lowest BCUT2D eigenvalue weighted by molar-refractivity contribution is -0.139. The number of piperazine rings is 2. The lowest BCUT2D eigenvalue weighted by atomic mass is 10.1. The zero-order chi connectivity index (χ0) is 17.6. The zero-order valence-corrected chi connectivity index (χ0v) is 14.8. The number of aryl methyl sites for hydroxylation is 1. The minimum atomic E-state index is -0.232. The van der Waals surface area contributed by atoms with Gasteiger partial charge in [-0.3, -0.25) is 14.5 Å². The first kappa shape index (κ1) is 16.4. The molecule has 0 radical (unpaired) electrons. The highest BCUT2D eigenvalue weighted by atomic mass is 35.5. The van der Waals surface area contributed by atoms with Gasteiger partial charge in [0, 0.05) is 48.7 Å². The van der Waals surface area contributed by atoms with E-state index in [-0.39, 0.29) is 24.3 Å². The maximum atomic E-state index is 12.7. The van der Waals surface area contributed by atoms with Crippen LogP contribution in [0.4, 0.5) is 0 Å². The van der Waals surface area contributed by atoms with Crippen LogP contribution in [0.5, 0.6) is 0 Å². The molecule has 0 aliphatic carbocycles. The van der Waals surface area contributed by atoms with Gasteiger partial charge in [0.1, 0.15) is 11.6 Å². The lowest BCUT2D eigenvalue weighted by Gasteiger charge is -2.43. The van der Waals surface area contributed by atoms with Gasteiger partial charge in [-0.05, 0) is 24.6 Å². The molecule has 132 valence electrons. The summed E-state index contributed by atoms with van der Waals surface area (Å²) < 4.78 is 5.57. The Hall–Kier alpha value is -2.05. The number of rotatable bonds is 2. The van der Waals surface area contributed by atoms with E-state index in [4.69, 9.17) is 16.0 Å². The molecule has 1 aromatic carbocycles. The van der Waals surface area contributed by atoms with Crippen LogP contribution >= 0.6 is 11.6 Å². The van der Waals surface area contributed by atoms with Crippen LogP contribution in [-0.2, 0) is 16.0 Å². The average Bonchev–Trinajstić information content (AvgIpc) is 2.97. The van der Waals surface area contributed by atoms with E-state index in [0.29, 0.717) is 24.7 Å². The van der Waals surface area contributed by atoms with E-state index in [1.165, 1.54) is 0 Å². The molecule has 0 saturated carbocycles. The normalized spacial score (nSPS) is 21.3. The van der Waals surface area contributed by atoms with Crippen molar-refractivity contribution in [2.75, 3.05) is 32.7 Å². The van der Waals surface area contributed by atoms with Gasteiger partial charge in [0.05, 0.1) is 12.7 Å². The third-order valence-electron chi connectivity index (χ3n) is 5.12. The van der Waals surface area contributed by atoms with E-state index < -0.39 is 0 Å². The van der Waals surface area contributed by atoms with Crippen molar-refractivity contribution in [2.24, 2.45) is 0 Å². The first-order valence-electron chi connectivity index (χ1n) is 8.48. The quantitative estimate of drug-likeness (QED) is 0.882. The summed E-state index contributed by atoms with van der Waals surface area (Å²) in [5.41, 5.74) is 2.51. The zero-order valence-electron chi connectivity index (χ0n) is 14.0. The molecule has 6 nitrogen and oxygen atoms in total. The van der Waals surface area contributed by atoms with E-state index in [1.807, 2.05) is 19.1 Å². The van der Waals surface area contributed by atoms with E-state index in [2.05, 4.69) is 10.2 Å². The van der Waals surface area contributed by atoms with Gasteiger partial charge in [-0.15, -0.1) is 0 Å². The van der Waals surface area contributed by atoms with Crippen LogP contribution < -0.4 is 5.32 Å². The maximum absolute atomic E-state index is 12.7. The molecule has 3 heterocycles. The fourth-order valence-corrected chi connectivity index (χ4v) is 3.78. The molecule has 2 fully saturated rings. The molecule has 2 aromatic rings. The van der Waals surface area contributed by atoms with Crippen LogP contribution in [0.2, 0.25) is 5.02 Å². The van der Waals surface area contributed by atoms with E-state index >= 15 is 0 Å². The molecule has 1 atom stereocenters. The van der Waals surface area contributed by atoms with Crippen LogP contribution in [0.25, 0.3) is 11.0 Å². The highest BCUT2D eigenvalue weighted by molar-refractivity contribution is 6.32. The predicted molar refractivity (Wildman–Crippen MR) is 94.6 cm³/mol. The molecule has 2 aliphatic rings. The van der Waals surface area contributed by atoms with Crippen molar-refractivity contribution in [3.8, 4) is 0 Å². The Balaban J connectivity index is 1.51. The van der Waals surface area contributed by atoms with Gasteiger partial charge >= 0.3 is 0 Å². The summed E-state index contributed by atoms with van der Waals surface area (Å²) in [6.07, 6.45) is 1.88. The van der Waals surface area contributed by atoms with Crippen molar-refractivity contribution in [1.82, 2.24) is 15.1 Å². The largest absolute Gasteiger partial charge is 0.464 e. The monoisotopic (exact) mass is 361 g/mol. The first-order valence-corrected chi connectivity index (χ1v) is 8.86. The van der Waals surface area contributed by atoms with Crippen molar-refractivity contribution >= 4 is 34.4 Å². The molecule has 0 spiro atoms. The van der Waals surface area contributed by atoms with Gasteiger partial charge in [-0.2, -0.15) is 0 Å². The molecule has 1 N–H and O–H groups in total.